The monoisotopic (exact) mass is 258 g/mol. The lowest BCUT2D eigenvalue weighted by Gasteiger charge is -2.09. The van der Waals surface area contributed by atoms with E-state index < -0.39 is 9.84 Å². The molecular weight excluding hydrogens is 240 g/mol. The van der Waals surface area contributed by atoms with Gasteiger partial charge in [0.2, 0.25) is 0 Å². The third-order valence-corrected chi connectivity index (χ3v) is 4.23. The summed E-state index contributed by atoms with van der Waals surface area (Å²) in [6.45, 7) is 1.90. The molecule has 17 heavy (non-hydrogen) atoms. The van der Waals surface area contributed by atoms with Crippen LogP contribution in [0.2, 0.25) is 0 Å². The Morgan fingerprint density at radius 1 is 1.29 bits per heavy atom. The third-order valence-electron chi connectivity index (χ3n) is 2.44. The molecule has 4 nitrogen and oxygen atoms in total. The standard InChI is InChI=1S/C12H18O4S/c1-2-17(14,15)9-5-8-16-12-7-4-3-6-11(12)10-13/h3-4,6-7,13H,2,5,8-10H2,1H3. The molecule has 0 atom stereocenters. The first-order valence-corrected chi connectivity index (χ1v) is 7.43. The van der Waals surface area contributed by atoms with Crippen LogP contribution < -0.4 is 4.74 Å². The third kappa shape index (κ3) is 4.75. The molecule has 1 aromatic rings. The second-order valence-electron chi connectivity index (χ2n) is 3.70. The fourth-order valence-corrected chi connectivity index (χ4v) is 2.23. The normalized spacial score (nSPS) is 11.4. The van der Waals surface area contributed by atoms with E-state index in [1.54, 1.807) is 19.1 Å². The smallest absolute Gasteiger partial charge is 0.150 e. The van der Waals surface area contributed by atoms with Crippen LogP contribution in [0.15, 0.2) is 24.3 Å². The first kappa shape index (κ1) is 14.0. The van der Waals surface area contributed by atoms with Crippen molar-refractivity contribution in [3.63, 3.8) is 0 Å². The van der Waals surface area contributed by atoms with Gasteiger partial charge in [-0.1, -0.05) is 25.1 Å². The fourth-order valence-electron chi connectivity index (χ4n) is 1.38. The summed E-state index contributed by atoms with van der Waals surface area (Å²) in [7, 11) is -2.92. The van der Waals surface area contributed by atoms with Crippen molar-refractivity contribution < 1.29 is 18.3 Å². The summed E-state index contributed by atoms with van der Waals surface area (Å²) >= 11 is 0. The molecule has 0 saturated heterocycles. The van der Waals surface area contributed by atoms with Crippen LogP contribution in [0.3, 0.4) is 0 Å². The molecule has 0 fully saturated rings. The summed E-state index contributed by atoms with van der Waals surface area (Å²) in [5.41, 5.74) is 0.714. The number of aliphatic hydroxyl groups is 1. The summed E-state index contributed by atoms with van der Waals surface area (Å²) in [5, 5.41) is 9.07. The Morgan fingerprint density at radius 3 is 2.65 bits per heavy atom. The zero-order valence-electron chi connectivity index (χ0n) is 9.93. The minimum atomic E-state index is -2.92. The number of hydrogen-bond donors (Lipinski definition) is 1. The highest BCUT2D eigenvalue weighted by Gasteiger charge is 2.07. The summed E-state index contributed by atoms with van der Waals surface area (Å²) < 4.78 is 27.9. The SMILES string of the molecule is CCS(=O)(=O)CCCOc1ccccc1CO. The quantitative estimate of drug-likeness (QED) is 0.751. The van der Waals surface area contributed by atoms with Crippen LogP contribution in [-0.4, -0.2) is 31.6 Å². The molecule has 0 aliphatic heterocycles. The Labute approximate surface area is 102 Å². The molecule has 1 rings (SSSR count). The molecule has 0 unspecified atom stereocenters. The van der Waals surface area contributed by atoms with Gasteiger partial charge in [0.1, 0.15) is 15.6 Å². The van der Waals surface area contributed by atoms with Gasteiger partial charge in [0.15, 0.2) is 0 Å². The number of aliphatic hydroxyl groups excluding tert-OH is 1. The summed E-state index contributed by atoms with van der Waals surface area (Å²) in [4.78, 5) is 0. The average Bonchev–Trinajstić information content (AvgIpc) is 2.35. The van der Waals surface area contributed by atoms with E-state index in [1.807, 2.05) is 12.1 Å². The first-order valence-electron chi connectivity index (χ1n) is 5.61. The van der Waals surface area contributed by atoms with Gasteiger partial charge >= 0.3 is 0 Å². The minimum Gasteiger partial charge on any atom is -0.493 e. The van der Waals surface area contributed by atoms with Crippen LogP contribution in [-0.2, 0) is 16.4 Å². The lowest BCUT2D eigenvalue weighted by molar-refractivity contribution is 0.263. The molecule has 0 aliphatic carbocycles. The Hall–Kier alpha value is -1.07. The second kappa shape index (κ2) is 6.61. The highest BCUT2D eigenvalue weighted by molar-refractivity contribution is 7.91. The van der Waals surface area contributed by atoms with E-state index in [-0.39, 0.29) is 18.1 Å². The van der Waals surface area contributed by atoms with Crippen LogP contribution in [0.1, 0.15) is 18.9 Å². The van der Waals surface area contributed by atoms with Crippen molar-refractivity contribution in [1.82, 2.24) is 0 Å². The minimum absolute atomic E-state index is 0.0799. The summed E-state index contributed by atoms with van der Waals surface area (Å²) in [6.07, 6.45) is 0.468. The predicted molar refractivity (Wildman–Crippen MR) is 66.8 cm³/mol. The van der Waals surface area contributed by atoms with Gasteiger partial charge in [-0.05, 0) is 12.5 Å². The van der Waals surface area contributed by atoms with Crippen molar-refractivity contribution in [2.75, 3.05) is 18.1 Å². The van der Waals surface area contributed by atoms with E-state index in [2.05, 4.69) is 0 Å². The van der Waals surface area contributed by atoms with Crippen LogP contribution in [0.25, 0.3) is 0 Å². The van der Waals surface area contributed by atoms with Crippen LogP contribution in [0.5, 0.6) is 5.75 Å². The van der Waals surface area contributed by atoms with Gasteiger partial charge in [-0.2, -0.15) is 0 Å². The molecule has 1 aromatic carbocycles. The largest absolute Gasteiger partial charge is 0.493 e. The molecular formula is C12H18O4S. The number of para-hydroxylation sites is 1. The van der Waals surface area contributed by atoms with E-state index in [1.165, 1.54) is 0 Å². The first-order chi connectivity index (χ1) is 8.09. The summed E-state index contributed by atoms with van der Waals surface area (Å²) in [6, 6.07) is 7.18. The molecule has 5 heteroatoms. The lowest BCUT2D eigenvalue weighted by atomic mass is 10.2. The Kier molecular flexibility index (Phi) is 5.44. The zero-order chi connectivity index (χ0) is 12.7. The van der Waals surface area contributed by atoms with Crippen molar-refractivity contribution in [2.45, 2.75) is 20.0 Å². The van der Waals surface area contributed by atoms with Gasteiger partial charge in [0, 0.05) is 11.3 Å². The maximum atomic E-state index is 11.2. The molecule has 0 spiro atoms. The number of ether oxygens (including phenoxy) is 1. The molecule has 0 heterocycles. The number of sulfone groups is 1. The van der Waals surface area contributed by atoms with Crippen molar-refractivity contribution in [3.8, 4) is 5.75 Å². The maximum absolute atomic E-state index is 11.2. The average molecular weight is 258 g/mol. The number of benzene rings is 1. The molecule has 0 saturated carbocycles. The van der Waals surface area contributed by atoms with Gasteiger partial charge in [0.05, 0.1) is 19.0 Å². The van der Waals surface area contributed by atoms with E-state index in [9.17, 15) is 8.42 Å². The van der Waals surface area contributed by atoms with Gasteiger partial charge in [-0.15, -0.1) is 0 Å². The zero-order valence-corrected chi connectivity index (χ0v) is 10.7. The maximum Gasteiger partial charge on any atom is 0.150 e. The van der Waals surface area contributed by atoms with Gasteiger partial charge in [0.25, 0.3) is 0 Å². The molecule has 0 radical (unpaired) electrons. The molecule has 1 N–H and O–H groups in total. The van der Waals surface area contributed by atoms with Gasteiger partial charge in [-0.3, -0.25) is 0 Å². The number of hydrogen-bond acceptors (Lipinski definition) is 4. The number of rotatable bonds is 7. The molecule has 0 bridgehead atoms. The van der Waals surface area contributed by atoms with E-state index in [0.29, 0.717) is 24.3 Å². The van der Waals surface area contributed by atoms with Crippen molar-refractivity contribution in [2.24, 2.45) is 0 Å². The van der Waals surface area contributed by atoms with E-state index in [0.717, 1.165) is 0 Å². The van der Waals surface area contributed by atoms with Gasteiger partial charge in [-0.25, -0.2) is 8.42 Å². The topological polar surface area (TPSA) is 63.6 Å². The Bertz CT molecular complexity index is 440. The Morgan fingerprint density at radius 2 is 2.00 bits per heavy atom. The second-order valence-corrected chi connectivity index (χ2v) is 6.18. The van der Waals surface area contributed by atoms with Crippen LogP contribution in [0, 0.1) is 0 Å². The summed E-state index contributed by atoms with van der Waals surface area (Å²) in [5.74, 6) is 0.925. The highest BCUT2D eigenvalue weighted by atomic mass is 32.2. The predicted octanol–water partition coefficient (Wildman–Crippen LogP) is 1.38. The lowest BCUT2D eigenvalue weighted by Crippen LogP contribution is -2.12. The molecule has 96 valence electrons. The van der Waals surface area contributed by atoms with E-state index >= 15 is 0 Å². The highest BCUT2D eigenvalue weighted by Crippen LogP contribution is 2.17. The van der Waals surface area contributed by atoms with Crippen molar-refractivity contribution in [1.29, 1.82) is 0 Å². The molecule has 0 aliphatic rings. The molecule has 0 amide bonds. The van der Waals surface area contributed by atoms with Crippen molar-refractivity contribution >= 4 is 9.84 Å². The van der Waals surface area contributed by atoms with Crippen LogP contribution in [0.4, 0.5) is 0 Å². The van der Waals surface area contributed by atoms with Crippen molar-refractivity contribution in [3.05, 3.63) is 29.8 Å². The fraction of sp³-hybridized carbons (Fsp3) is 0.500. The van der Waals surface area contributed by atoms with Gasteiger partial charge < -0.3 is 9.84 Å². The molecule has 0 aromatic heterocycles. The van der Waals surface area contributed by atoms with Crippen LogP contribution >= 0.6 is 0 Å². The Balaban J connectivity index is 2.41. The van der Waals surface area contributed by atoms with E-state index in [4.69, 9.17) is 9.84 Å².